The highest BCUT2D eigenvalue weighted by Crippen LogP contribution is 2.21. The fraction of sp³-hybridized carbons (Fsp3) is 0.158. The molecule has 0 aliphatic rings. The number of halogens is 2. The monoisotopic (exact) mass is 375 g/mol. The van der Waals surface area contributed by atoms with E-state index in [1.807, 2.05) is 0 Å². The van der Waals surface area contributed by atoms with Crippen molar-refractivity contribution in [2.24, 2.45) is 5.73 Å². The first-order valence-electron chi connectivity index (χ1n) is 8.04. The Labute approximate surface area is 155 Å². The second-order valence-corrected chi connectivity index (χ2v) is 5.59. The lowest BCUT2D eigenvalue weighted by Crippen LogP contribution is -2.24. The number of nitrogens with one attached hydrogen (secondary N) is 2. The fourth-order valence-electron chi connectivity index (χ4n) is 2.33. The molecule has 4 N–H and O–H groups in total. The van der Waals surface area contributed by atoms with Gasteiger partial charge in [-0.3, -0.25) is 4.79 Å². The number of ether oxygens (including phenoxy) is 1. The van der Waals surface area contributed by atoms with Crippen LogP contribution in [0.25, 0.3) is 6.08 Å². The van der Waals surface area contributed by atoms with E-state index >= 15 is 0 Å². The van der Waals surface area contributed by atoms with Crippen molar-refractivity contribution in [2.45, 2.75) is 19.6 Å². The zero-order valence-electron chi connectivity index (χ0n) is 14.5. The van der Waals surface area contributed by atoms with Gasteiger partial charge in [0.2, 0.25) is 5.91 Å². The van der Waals surface area contributed by atoms with Crippen molar-refractivity contribution in [3.8, 4) is 5.75 Å². The second kappa shape index (κ2) is 9.33. The Morgan fingerprint density at radius 1 is 1.11 bits per heavy atom. The highest BCUT2D eigenvalue weighted by atomic mass is 19.3. The predicted octanol–water partition coefficient (Wildman–Crippen LogP) is 3.67. The number of alkyl halides is 2. The Balaban J connectivity index is 1.99. The van der Waals surface area contributed by atoms with E-state index in [0.717, 1.165) is 5.56 Å². The SMILES string of the molecule is C[C@@H](NC(=O)/C=C/c1ccccc1OC(F)F)c1ccc(NC(N)=O)cc1. The van der Waals surface area contributed by atoms with Crippen molar-refractivity contribution in [2.75, 3.05) is 5.32 Å². The van der Waals surface area contributed by atoms with E-state index in [4.69, 9.17) is 5.73 Å². The summed E-state index contributed by atoms with van der Waals surface area (Å²) in [6, 6.07) is 12.0. The van der Waals surface area contributed by atoms with E-state index in [-0.39, 0.29) is 11.8 Å². The molecule has 142 valence electrons. The second-order valence-electron chi connectivity index (χ2n) is 5.59. The van der Waals surface area contributed by atoms with Crippen molar-refractivity contribution < 1.29 is 23.1 Å². The molecule has 0 spiro atoms. The minimum Gasteiger partial charge on any atom is -0.434 e. The Bertz CT molecular complexity index is 823. The number of urea groups is 1. The molecule has 0 aromatic heterocycles. The number of hydrogen-bond donors (Lipinski definition) is 3. The van der Waals surface area contributed by atoms with Gasteiger partial charge in [0.05, 0.1) is 6.04 Å². The fourth-order valence-corrected chi connectivity index (χ4v) is 2.33. The van der Waals surface area contributed by atoms with Crippen LogP contribution in [0.1, 0.15) is 24.1 Å². The normalized spacial score (nSPS) is 12.0. The number of carbonyl (C=O) groups excluding carboxylic acids is 2. The van der Waals surface area contributed by atoms with Crippen LogP contribution in [0.3, 0.4) is 0 Å². The van der Waals surface area contributed by atoms with Gasteiger partial charge >= 0.3 is 12.6 Å². The number of amides is 3. The third kappa shape index (κ3) is 6.43. The number of nitrogens with two attached hydrogens (primary N) is 1. The quantitative estimate of drug-likeness (QED) is 0.645. The number of carbonyl (C=O) groups is 2. The highest BCUT2D eigenvalue weighted by Gasteiger charge is 2.10. The Hall–Kier alpha value is -3.42. The average molecular weight is 375 g/mol. The summed E-state index contributed by atoms with van der Waals surface area (Å²) >= 11 is 0. The largest absolute Gasteiger partial charge is 0.434 e. The summed E-state index contributed by atoms with van der Waals surface area (Å²) in [5.41, 5.74) is 6.76. The van der Waals surface area contributed by atoms with Gasteiger partial charge in [-0.15, -0.1) is 0 Å². The summed E-state index contributed by atoms with van der Waals surface area (Å²) in [6.07, 6.45) is 2.65. The topological polar surface area (TPSA) is 93.4 Å². The summed E-state index contributed by atoms with van der Waals surface area (Å²) in [5.74, 6) is -0.407. The molecule has 27 heavy (non-hydrogen) atoms. The number of rotatable bonds is 7. The first-order valence-corrected chi connectivity index (χ1v) is 8.04. The Morgan fingerprint density at radius 2 is 1.78 bits per heavy atom. The van der Waals surface area contributed by atoms with Crippen LogP contribution in [-0.4, -0.2) is 18.5 Å². The molecular weight excluding hydrogens is 356 g/mol. The maximum Gasteiger partial charge on any atom is 0.387 e. The van der Waals surface area contributed by atoms with Gasteiger partial charge in [0.25, 0.3) is 0 Å². The molecule has 0 unspecified atom stereocenters. The van der Waals surface area contributed by atoms with Gasteiger partial charge in [-0.25, -0.2) is 4.79 Å². The number of para-hydroxylation sites is 1. The van der Waals surface area contributed by atoms with Gasteiger partial charge in [-0.1, -0.05) is 30.3 Å². The van der Waals surface area contributed by atoms with E-state index in [1.165, 1.54) is 18.2 Å². The maximum absolute atomic E-state index is 12.4. The van der Waals surface area contributed by atoms with Gasteiger partial charge in [0, 0.05) is 17.3 Å². The van der Waals surface area contributed by atoms with Crippen molar-refractivity contribution in [3.63, 3.8) is 0 Å². The molecule has 0 radical (unpaired) electrons. The van der Waals surface area contributed by atoms with Gasteiger partial charge < -0.3 is 21.1 Å². The van der Waals surface area contributed by atoms with Crippen LogP contribution in [0.4, 0.5) is 19.3 Å². The third-order valence-electron chi connectivity index (χ3n) is 3.59. The zero-order valence-corrected chi connectivity index (χ0v) is 14.5. The van der Waals surface area contributed by atoms with E-state index in [1.54, 1.807) is 49.4 Å². The molecule has 0 heterocycles. The van der Waals surface area contributed by atoms with Gasteiger partial charge in [-0.2, -0.15) is 8.78 Å². The summed E-state index contributed by atoms with van der Waals surface area (Å²) < 4.78 is 29.2. The molecule has 2 aromatic rings. The van der Waals surface area contributed by atoms with Crippen molar-refractivity contribution >= 4 is 23.7 Å². The van der Waals surface area contributed by atoms with Gasteiger partial charge in [0.1, 0.15) is 5.75 Å². The standard InChI is InChI=1S/C19H19F2N3O3/c1-12(13-6-9-15(10-7-13)24-19(22)26)23-17(25)11-8-14-4-2-3-5-16(14)27-18(20)21/h2-12,18H,1H3,(H,23,25)(H3,22,24,26)/b11-8+/t12-/m1/s1. The van der Waals surface area contributed by atoms with Crippen molar-refractivity contribution in [1.29, 1.82) is 0 Å². The molecule has 0 aliphatic heterocycles. The summed E-state index contributed by atoms with van der Waals surface area (Å²) in [6.45, 7) is -1.16. The van der Waals surface area contributed by atoms with Crippen LogP contribution < -0.4 is 21.1 Å². The van der Waals surface area contributed by atoms with Crippen molar-refractivity contribution in [1.82, 2.24) is 5.32 Å². The molecule has 2 rings (SSSR count). The minimum atomic E-state index is -2.94. The molecule has 2 aromatic carbocycles. The average Bonchev–Trinajstić information content (AvgIpc) is 2.60. The van der Waals surface area contributed by atoms with E-state index in [0.29, 0.717) is 11.3 Å². The van der Waals surface area contributed by atoms with Crippen LogP contribution in [-0.2, 0) is 4.79 Å². The van der Waals surface area contributed by atoms with Gasteiger partial charge in [-0.05, 0) is 36.8 Å². The highest BCUT2D eigenvalue weighted by molar-refractivity contribution is 5.92. The molecule has 6 nitrogen and oxygen atoms in total. The first kappa shape index (κ1) is 19.9. The van der Waals surface area contributed by atoms with E-state index < -0.39 is 18.5 Å². The number of benzene rings is 2. The zero-order chi connectivity index (χ0) is 19.8. The lowest BCUT2D eigenvalue weighted by molar-refractivity contribution is -0.117. The molecule has 0 fully saturated rings. The number of primary amides is 1. The first-order chi connectivity index (χ1) is 12.8. The predicted molar refractivity (Wildman–Crippen MR) is 98.3 cm³/mol. The molecule has 0 saturated carbocycles. The smallest absolute Gasteiger partial charge is 0.387 e. The molecule has 1 atom stereocenters. The van der Waals surface area contributed by atoms with E-state index in [2.05, 4.69) is 15.4 Å². The van der Waals surface area contributed by atoms with Crippen LogP contribution in [0.2, 0.25) is 0 Å². The maximum atomic E-state index is 12.4. The van der Waals surface area contributed by atoms with Crippen LogP contribution >= 0.6 is 0 Å². The Kier molecular flexibility index (Phi) is 6.87. The minimum absolute atomic E-state index is 0.0119. The van der Waals surface area contributed by atoms with Crippen LogP contribution in [0.5, 0.6) is 5.75 Å². The summed E-state index contributed by atoms with van der Waals surface area (Å²) in [4.78, 5) is 22.9. The molecule has 0 bridgehead atoms. The number of anilines is 1. The molecule has 0 saturated heterocycles. The molecule has 8 heteroatoms. The molecular formula is C19H19F2N3O3. The van der Waals surface area contributed by atoms with E-state index in [9.17, 15) is 18.4 Å². The number of hydrogen-bond acceptors (Lipinski definition) is 3. The third-order valence-corrected chi connectivity index (χ3v) is 3.59. The van der Waals surface area contributed by atoms with Crippen LogP contribution in [0, 0.1) is 0 Å². The Morgan fingerprint density at radius 3 is 2.41 bits per heavy atom. The lowest BCUT2D eigenvalue weighted by Gasteiger charge is -2.13. The molecule has 3 amide bonds. The lowest BCUT2D eigenvalue weighted by atomic mass is 10.1. The molecule has 0 aliphatic carbocycles. The van der Waals surface area contributed by atoms with Crippen LogP contribution in [0.15, 0.2) is 54.6 Å². The van der Waals surface area contributed by atoms with Crippen molar-refractivity contribution in [3.05, 3.63) is 65.7 Å². The summed E-state index contributed by atoms with van der Waals surface area (Å²) in [5, 5.41) is 5.20. The summed E-state index contributed by atoms with van der Waals surface area (Å²) in [7, 11) is 0. The van der Waals surface area contributed by atoms with Gasteiger partial charge in [0.15, 0.2) is 0 Å².